The van der Waals surface area contributed by atoms with Crippen molar-refractivity contribution in [2.75, 3.05) is 13.1 Å². The quantitative estimate of drug-likeness (QED) is 0.780. The maximum Gasteiger partial charge on any atom is 0.318 e. The van der Waals surface area contributed by atoms with E-state index in [2.05, 4.69) is 59.7 Å². The number of nitrogens with one attached hydrogen (secondary N) is 2. The number of carbonyl (C=O) groups excluding carboxylic acids is 1. The minimum Gasteiger partial charge on any atom is -0.336 e. The van der Waals surface area contributed by atoms with Gasteiger partial charge in [-0.3, -0.25) is 0 Å². The summed E-state index contributed by atoms with van der Waals surface area (Å²) in [5.74, 6) is 0.727. The molecule has 1 aromatic carbocycles. The summed E-state index contributed by atoms with van der Waals surface area (Å²) in [6.45, 7) is 6.33. The number of benzene rings is 1. The lowest BCUT2D eigenvalue weighted by molar-refractivity contribution is 0.0535. The molecule has 1 aromatic rings. The van der Waals surface area contributed by atoms with E-state index in [1.807, 2.05) is 0 Å². The molecule has 2 amide bonds. The molecule has 4 nitrogen and oxygen atoms in total. The van der Waals surface area contributed by atoms with Gasteiger partial charge in [0.25, 0.3) is 0 Å². The van der Waals surface area contributed by atoms with E-state index in [9.17, 15) is 4.79 Å². The molecule has 1 heterocycles. The van der Waals surface area contributed by atoms with E-state index in [4.69, 9.17) is 0 Å². The molecule has 0 bridgehead atoms. The van der Waals surface area contributed by atoms with Crippen LogP contribution in [0.1, 0.15) is 70.8 Å². The molecular weight excluding hydrogens is 334 g/mol. The average Bonchev–Trinajstić information content (AvgIpc) is 2.96. The van der Waals surface area contributed by atoms with Crippen LogP contribution < -0.4 is 10.6 Å². The SMILES string of the molecule is CCC(C)NC1(c2ccccc2)CCC2(CC1)CNC(=O)N2CC1CCC1. The van der Waals surface area contributed by atoms with Crippen molar-refractivity contribution in [3.8, 4) is 0 Å². The Kier molecular flexibility index (Phi) is 5.19. The molecule has 2 N–H and O–H groups in total. The monoisotopic (exact) mass is 369 g/mol. The van der Waals surface area contributed by atoms with Crippen LogP contribution in [0.2, 0.25) is 0 Å². The molecule has 3 aliphatic rings. The Morgan fingerprint density at radius 3 is 2.48 bits per heavy atom. The Bertz CT molecular complexity index is 647. The highest BCUT2D eigenvalue weighted by Gasteiger charge is 2.51. The third kappa shape index (κ3) is 3.49. The molecular formula is C23H35N3O. The Morgan fingerprint density at radius 1 is 1.19 bits per heavy atom. The maximum atomic E-state index is 12.6. The molecule has 2 aliphatic carbocycles. The molecule has 1 saturated heterocycles. The first-order valence-electron chi connectivity index (χ1n) is 11.0. The molecule has 1 atom stereocenters. The summed E-state index contributed by atoms with van der Waals surface area (Å²) < 4.78 is 0. The fourth-order valence-corrected chi connectivity index (χ4v) is 5.29. The molecule has 1 unspecified atom stereocenters. The lowest BCUT2D eigenvalue weighted by Gasteiger charge is -2.50. The molecule has 27 heavy (non-hydrogen) atoms. The van der Waals surface area contributed by atoms with Crippen LogP contribution >= 0.6 is 0 Å². The zero-order valence-electron chi connectivity index (χ0n) is 17.0. The van der Waals surface area contributed by atoms with Gasteiger partial charge in [-0.2, -0.15) is 0 Å². The van der Waals surface area contributed by atoms with Gasteiger partial charge in [-0.15, -0.1) is 0 Å². The highest BCUT2D eigenvalue weighted by atomic mass is 16.2. The van der Waals surface area contributed by atoms with Crippen molar-refractivity contribution in [3.63, 3.8) is 0 Å². The first kappa shape index (κ1) is 18.8. The van der Waals surface area contributed by atoms with Crippen molar-refractivity contribution in [1.29, 1.82) is 0 Å². The van der Waals surface area contributed by atoms with Crippen molar-refractivity contribution >= 4 is 6.03 Å². The fraction of sp³-hybridized carbons (Fsp3) is 0.696. The zero-order chi connectivity index (χ0) is 18.9. The van der Waals surface area contributed by atoms with Gasteiger partial charge in [-0.1, -0.05) is 43.7 Å². The van der Waals surface area contributed by atoms with Crippen LogP contribution in [0.4, 0.5) is 4.79 Å². The molecule has 1 spiro atoms. The topological polar surface area (TPSA) is 44.4 Å². The summed E-state index contributed by atoms with van der Waals surface area (Å²) in [6.07, 6.45) is 9.41. The van der Waals surface area contributed by atoms with Crippen LogP contribution in [0.5, 0.6) is 0 Å². The van der Waals surface area contributed by atoms with Gasteiger partial charge in [-0.25, -0.2) is 4.79 Å². The maximum absolute atomic E-state index is 12.6. The molecule has 4 rings (SSSR count). The van der Waals surface area contributed by atoms with E-state index in [1.165, 1.54) is 24.8 Å². The van der Waals surface area contributed by atoms with Crippen molar-refractivity contribution in [2.24, 2.45) is 5.92 Å². The van der Waals surface area contributed by atoms with Gasteiger partial charge in [0.05, 0.1) is 5.54 Å². The van der Waals surface area contributed by atoms with Crippen LogP contribution in [0.15, 0.2) is 30.3 Å². The normalized spacial score (nSPS) is 32.4. The molecule has 0 radical (unpaired) electrons. The van der Waals surface area contributed by atoms with Gasteiger partial charge >= 0.3 is 6.03 Å². The minimum atomic E-state index is 0.0298. The Hall–Kier alpha value is -1.55. The van der Waals surface area contributed by atoms with Gasteiger partial charge in [0.15, 0.2) is 0 Å². The van der Waals surface area contributed by atoms with Crippen molar-refractivity contribution in [1.82, 2.24) is 15.5 Å². The number of amides is 2. The van der Waals surface area contributed by atoms with Crippen LogP contribution in [-0.4, -0.2) is 35.6 Å². The molecule has 4 heteroatoms. The smallest absolute Gasteiger partial charge is 0.318 e. The third-order valence-corrected chi connectivity index (χ3v) is 7.55. The number of hydrogen-bond donors (Lipinski definition) is 2. The second-order valence-corrected chi connectivity index (χ2v) is 9.19. The Morgan fingerprint density at radius 2 is 1.89 bits per heavy atom. The number of carbonyl (C=O) groups is 1. The second kappa shape index (κ2) is 7.46. The van der Waals surface area contributed by atoms with Crippen molar-refractivity contribution in [2.45, 2.75) is 82.3 Å². The highest BCUT2D eigenvalue weighted by Crippen LogP contribution is 2.46. The van der Waals surface area contributed by atoms with Gasteiger partial charge in [0.1, 0.15) is 0 Å². The van der Waals surface area contributed by atoms with Crippen LogP contribution in [-0.2, 0) is 5.54 Å². The minimum absolute atomic E-state index is 0.0298. The summed E-state index contributed by atoms with van der Waals surface area (Å²) in [5.41, 5.74) is 1.47. The van der Waals surface area contributed by atoms with Crippen molar-refractivity contribution in [3.05, 3.63) is 35.9 Å². The van der Waals surface area contributed by atoms with Gasteiger partial charge in [0, 0.05) is 24.7 Å². The first-order chi connectivity index (χ1) is 13.1. The third-order valence-electron chi connectivity index (χ3n) is 7.55. The fourth-order valence-electron chi connectivity index (χ4n) is 5.29. The molecule has 3 fully saturated rings. The Balaban J connectivity index is 1.54. The van der Waals surface area contributed by atoms with Gasteiger partial charge < -0.3 is 15.5 Å². The molecule has 0 aromatic heterocycles. The number of urea groups is 1. The summed E-state index contributed by atoms with van der Waals surface area (Å²) >= 11 is 0. The predicted molar refractivity (Wildman–Crippen MR) is 110 cm³/mol. The standard InChI is InChI=1S/C23H35N3O/c1-3-18(2)25-23(20-10-5-4-6-11-20)14-12-22(13-15-23)17-24-21(27)26(22)16-19-8-7-9-19/h4-6,10-11,18-19,25H,3,7-9,12-17H2,1-2H3,(H,24,27). The zero-order valence-corrected chi connectivity index (χ0v) is 17.0. The second-order valence-electron chi connectivity index (χ2n) is 9.19. The van der Waals surface area contributed by atoms with E-state index in [-0.39, 0.29) is 17.1 Å². The van der Waals surface area contributed by atoms with E-state index in [0.29, 0.717) is 6.04 Å². The average molecular weight is 370 g/mol. The summed E-state index contributed by atoms with van der Waals surface area (Å²) in [4.78, 5) is 14.8. The molecule has 1 aliphatic heterocycles. The van der Waals surface area contributed by atoms with Crippen LogP contribution in [0.25, 0.3) is 0 Å². The first-order valence-corrected chi connectivity index (χ1v) is 11.0. The van der Waals surface area contributed by atoms with E-state index >= 15 is 0 Å². The van der Waals surface area contributed by atoms with Crippen molar-refractivity contribution < 1.29 is 4.79 Å². The molecule has 2 saturated carbocycles. The Labute approximate surface area is 164 Å². The van der Waals surface area contributed by atoms with E-state index in [0.717, 1.165) is 51.1 Å². The number of hydrogen-bond acceptors (Lipinski definition) is 2. The largest absolute Gasteiger partial charge is 0.336 e. The number of rotatable bonds is 6. The summed E-state index contributed by atoms with van der Waals surface area (Å²) in [5, 5.41) is 7.14. The van der Waals surface area contributed by atoms with Gasteiger partial charge in [-0.05, 0) is 63.4 Å². The molecule has 148 valence electrons. The van der Waals surface area contributed by atoms with E-state index < -0.39 is 0 Å². The van der Waals surface area contributed by atoms with Gasteiger partial charge in [0.2, 0.25) is 0 Å². The lowest BCUT2D eigenvalue weighted by Crippen LogP contribution is -2.57. The van der Waals surface area contributed by atoms with Crippen LogP contribution in [0.3, 0.4) is 0 Å². The predicted octanol–water partition coefficient (Wildman–Crippen LogP) is 4.41. The number of nitrogens with zero attached hydrogens (tertiary/aromatic N) is 1. The van der Waals surface area contributed by atoms with Crippen LogP contribution in [0, 0.1) is 5.92 Å². The lowest BCUT2D eigenvalue weighted by atomic mass is 9.68. The summed E-state index contributed by atoms with van der Waals surface area (Å²) in [7, 11) is 0. The summed E-state index contributed by atoms with van der Waals surface area (Å²) in [6, 6.07) is 11.6. The highest BCUT2D eigenvalue weighted by molar-refractivity contribution is 5.78. The van der Waals surface area contributed by atoms with E-state index in [1.54, 1.807) is 0 Å².